The number of aromatic nitrogens is 3. The quantitative estimate of drug-likeness (QED) is 0.614. The van der Waals surface area contributed by atoms with Crippen molar-refractivity contribution in [3.63, 3.8) is 0 Å². The Hall–Kier alpha value is -2.08. The third-order valence-electron chi connectivity index (χ3n) is 3.97. The van der Waals surface area contributed by atoms with Crippen LogP contribution in [0.3, 0.4) is 0 Å². The van der Waals surface area contributed by atoms with Crippen LogP contribution in [0.1, 0.15) is 23.9 Å². The molecular weight excluding hydrogens is 325 g/mol. The molecule has 0 atom stereocenters. The molecule has 0 spiro atoms. The Balaban J connectivity index is 1.94. The van der Waals surface area contributed by atoms with E-state index in [0.717, 1.165) is 46.0 Å². The summed E-state index contributed by atoms with van der Waals surface area (Å²) in [6, 6.07) is 9.80. The monoisotopic (exact) mass is 345 g/mol. The van der Waals surface area contributed by atoms with E-state index < -0.39 is 0 Å². The topological polar surface area (TPSA) is 39.4 Å². The van der Waals surface area contributed by atoms with Gasteiger partial charge >= 0.3 is 0 Å². The normalized spacial score (nSPS) is 11.2. The third-order valence-corrected chi connectivity index (χ3v) is 4.29. The van der Waals surface area contributed by atoms with Crippen LogP contribution in [-0.4, -0.2) is 27.0 Å². The first-order valence-corrected chi connectivity index (χ1v) is 8.85. The zero-order valence-electron chi connectivity index (χ0n) is 14.0. The number of hydrogen-bond acceptors (Lipinski definition) is 4. The average molecular weight is 345 g/mol. The molecule has 0 bridgehead atoms. The van der Waals surface area contributed by atoms with Crippen LogP contribution in [0.2, 0.25) is 0 Å². The van der Waals surface area contributed by atoms with E-state index in [4.69, 9.17) is 14.8 Å². The van der Waals surface area contributed by atoms with E-state index in [1.165, 1.54) is 0 Å². The highest BCUT2D eigenvalue weighted by Crippen LogP contribution is 2.27. The molecule has 1 aromatic carbocycles. The Labute approximate surface area is 145 Å². The van der Waals surface area contributed by atoms with Crippen molar-refractivity contribution in [1.29, 1.82) is 0 Å². The maximum Gasteiger partial charge on any atom is 0.159 e. The predicted octanol–water partition coefficient (Wildman–Crippen LogP) is 4.57. The molecule has 3 aromatic rings. The van der Waals surface area contributed by atoms with Crippen molar-refractivity contribution in [3.8, 4) is 17.0 Å². The van der Waals surface area contributed by atoms with E-state index in [2.05, 4.69) is 13.0 Å². The van der Waals surface area contributed by atoms with Gasteiger partial charge in [-0.3, -0.25) is 0 Å². The summed E-state index contributed by atoms with van der Waals surface area (Å²) in [7, 11) is 0. The van der Waals surface area contributed by atoms with Gasteiger partial charge < -0.3 is 4.74 Å². The molecule has 0 aliphatic rings. The summed E-state index contributed by atoms with van der Waals surface area (Å²) in [4.78, 5) is 4.71. The van der Waals surface area contributed by atoms with Gasteiger partial charge in [-0.1, -0.05) is 6.92 Å². The lowest BCUT2D eigenvalue weighted by atomic mass is 10.1. The van der Waals surface area contributed by atoms with E-state index in [1.54, 1.807) is 0 Å². The van der Waals surface area contributed by atoms with Crippen molar-refractivity contribution in [3.05, 3.63) is 47.3 Å². The van der Waals surface area contributed by atoms with Crippen LogP contribution in [0.5, 0.6) is 5.75 Å². The SMILES string of the molecule is CCc1cc(C)n2nc(-c3ccc(OCCSF)cc3)c(C)c2n1. The highest BCUT2D eigenvalue weighted by molar-refractivity contribution is 7.94. The largest absolute Gasteiger partial charge is 0.493 e. The van der Waals surface area contributed by atoms with Gasteiger partial charge in [0.1, 0.15) is 5.75 Å². The number of nitrogens with zero attached hydrogens (tertiary/aromatic N) is 3. The van der Waals surface area contributed by atoms with Crippen LogP contribution in [0, 0.1) is 13.8 Å². The molecular formula is C18H20FN3OS. The fourth-order valence-electron chi connectivity index (χ4n) is 2.69. The van der Waals surface area contributed by atoms with Crippen molar-refractivity contribution in [2.24, 2.45) is 0 Å². The summed E-state index contributed by atoms with van der Waals surface area (Å²) in [5.41, 5.74) is 6.06. The van der Waals surface area contributed by atoms with E-state index in [-0.39, 0.29) is 12.1 Å². The van der Waals surface area contributed by atoms with Gasteiger partial charge in [-0.05, 0) is 50.6 Å². The molecule has 0 saturated carbocycles. The summed E-state index contributed by atoms with van der Waals surface area (Å²) in [6.07, 6.45) is 0.903. The average Bonchev–Trinajstić information content (AvgIpc) is 2.93. The molecule has 0 amide bonds. The lowest BCUT2D eigenvalue weighted by Crippen LogP contribution is -1.99. The summed E-state index contributed by atoms with van der Waals surface area (Å²) >= 11 is 0.285. The second kappa shape index (κ2) is 7.21. The molecule has 126 valence electrons. The fourth-order valence-corrected chi connectivity index (χ4v) is 2.84. The Bertz CT molecular complexity index is 846. The Morgan fingerprint density at radius 3 is 2.62 bits per heavy atom. The van der Waals surface area contributed by atoms with Crippen LogP contribution in [-0.2, 0) is 6.42 Å². The van der Waals surface area contributed by atoms with Crippen molar-refractivity contribution in [2.45, 2.75) is 27.2 Å². The summed E-state index contributed by atoms with van der Waals surface area (Å²) in [5.74, 6) is 1.06. The van der Waals surface area contributed by atoms with E-state index >= 15 is 0 Å². The van der Waals surface area contributed by atoms with Crippen LogP contribution < -0.4 is 4.74 Å². The molecule has 3 rings (SSSR count). The smallest absolute Gasteiger partial charge is 0.159 e. The molecule has 6 heteroatoms. The molecule has 24 heavy (non-hydrogen) atoms. The molecule has 0 radical (unpaired) electrons. The van der Waals surface area contributed by atoms with Crippen molar-refractivity contribution in [1.82, 2.24) is 14.6 Å². The lowest BCUT2D eigenvalue weighted by molar-refractivity contribution is 0.343. The summed E-state index contributed by atoms with van der Waals surface area (Å²) in [5, 5.41) is 4.72. The number of halogens is 1. The van der Waals surface area contributed by atoms with Crippen molar-refractivity contribution >= 4 is 17.8 Å². The second-order valence-electron chi connectivity index (χ2n) is 5.64. The van der Waals surface area contributed by atoms with Gasteiger partial charge in [0.25, 0.3) is 0 Å². The number of rotatable bonds is 6. The van der Waals surface area contributed by atoms with Gasteiger partial charge in [0.15, 0.2) is 5.65 Å². The van der Waals surface area contributed by atoms with Crippen molar-refractivity contribution < 1.29 is 8.62 Å². The van der Waals surface area contributed by atoms with Gasteiger partial charge in [-0.15, -0.1) is 0 Å². The zero-order chi connectivity index (χ0) is 17.1. The summed E-state index contributed by atoms with van der Waals surface area (Å²) in [6.45, 7) is 6.55. The maximum absolute atomic E-state index is 12.0. The van der Waals surface area contributed by atoms with Gasteiger partial charge in [0.2, 0.25) is 0 Å². The molecule has 0 fully saturated rings. The van der Waals surface area contributed by atoms with Crippen LogP contribution in [0.15, 0.2) is 30.3 Å². The molecule has 0 N–H and O–H groups in total. The molecule has 0 unspecified atom stereocenters. The fraction of sp³-hybridized carbons (Fsp3) is 0.333. The molecule has 0 aliphatic heterocycles. The molecule has 0 aliphatic carbocycles. The standard InChI is InChI=1S/C18H20FN3OS/c1-4-15-11-12(2)22-18(20-15)13(3)17(21-22)14-5-7-16(8-6-14)23-9-10-24-19/h5-8,11H,4,9-10H2,1-3H3. The second-order valence-corrected chi connectivity index (χ2v) is 6.26. The molecule has 4 nitrogen and oxygen atoms in total. The molecule has 2 aromatic heterocycles. The maximum atomic E-state index is 12.0. The number of hydrogen-bond donors (Lipinski definition) is 0. The van der Waals surface area contributed by atoms with Crippen LogP contribution >= 0.6 is 12.1 Å². The minimum Gasteiger partial charge on any atom is -0.493 e. The van der Waals surface area contributed by atoms with Gasteiger partial charge in [0, 0.05) is 34.7 Å². The van der Waals surface area contributed by atoms with E-state index in [9.17, 15) is 3.89 Å². The van der Waals surface area contributed by atoms with E-state index in [1.807, 2.05) is 42.6 Å². The first kappa shape index (κ1) is 16.8. The molecule has 0 saturated heterocycles. The van der Waals surface area contributed by atoms with Gasteiger partial charge in [-0.25, -0.2) is 9.50 Å². The first-order chi connectivity index (χ1) is 11.6. The minimum absolute atomic E-state index is 0.285. The van der Waals surface area contributed by atoms with Crippen molar-refractivity contribution in [2.75, 3.05) is 12.4 Å². The minimum atomic E-state index is 0.285. The number of benzene rings is 1. The predicted molar refractivity (Wildman–Crippen MR) is 96.3 cm³/mol. The van der Waals surface area contributed by atoms with Gasteiger partial charge in [-0.2, -0.15) is 8.98 Å². The van der Waals surface area contributed by atoms with Gasteiger partial charge in [0.05, 0.1) is 18.1 Å². The first-order valence-electron chi connectivity index (χ1n) is 7.96. The lowest BCUT2D eigenvalue weighted by Gasteiger charge is -2.05. The number of ether oxygens (including phenoxy) is 1. The summed E-state index contributed by atoms with van der Waals surface area (Å²) < 4.78 is 19.4. The van der Waals surface area contributed by atoms with Crippen LogP contribution in [0.4, 0.5) is 3.89 Å². The zero-order valence-corrected chi connectivity index (χ0v) is 14.9. The Morgan fingerprint density at radius 2 is 1.96 bits per heavy atom. The molecule has 2 heterocycles. The number of aryl methyl sites for hydroxylation is 3. The van der Waals surface area contributed by atoms with E-state index in [0.29, 0.717) is 12.4 Å². The number of fused-ring (bicyclic) bond motifs is 1. The third kappa shape index (κ3) is 3.24. The van der Waals surface area contributed by atoms with Crippen LogP contribution in [0.25, 0.3) is 16.9 Å². The highest BCUT2D eigenvalue weighted by atomic mass is 32.2. The Morgan fingerprint density at radius 1 is 1.21 bits per heavy atom. The Kier molecular flexibility index (Phi) is 5.04. The highest BCUT2D eigenvalue weighted by Gasteiger charge is 2.14.